The van der Waals surface area contributed by atoms with Crippen molar-refractivity contribution in [1.82, 2.24) is 9.55 Å². The van der Waals surface area contributed by atoms with Crippen LogP contribution in [0.4, 0.5) is 0 Å². The summed E-state index contributed by atoms with van der Waals surface area (Å²) >= 11 is 1.33. The van der Waals surface area contributed by atoms with Crippen molar-refractivity contribution in [2.45, 2.75) is 19.9 Å². The van der Waals surface area contributed by atoms with Gasteiger partial charge in [-0.3, -0.25) is 9.36 Å². The Kier molecular flexibility index (Phi) is 5.11. The number of ether oxygens (including phenoxy) is 1. The van der Waals surface area contributed by atoms with Gasteiger partial charge in [0, 0.05) is 22.7 Å². The third kappa shape index (κ3) is 3.31. The number of thiazole rings is 1. The highest BCUT2D eigenvalue weighted by Crippen LogP contribution is 2.30. The van der Waals surface area contributed by atoms with Crippen molar-refractivity contribution in [3.05, 3.63) is 103 Å². The molecule has 0 saturated carbocycles. The molecule has 4 aromatic rings. The molecule has 0 fully saturated rings. The van der Waals surface area contributed by atoms with Crippen LogP contribution in [0.15, 0.2) is 81.9 Å². The standard InChI is InChI=1S/C25H21N3O3S/c1-3-31-24(30)21-15(2)27-25-28(22(21)16-9-5-4-6-10-16)23(29)20(32-25)13-17-14-26-19-12-8-7-11-18(17)19/h4-14,22,26H,3H2,1-2H3/b20-13+/t22-/m1/s1. The van der Waals surface area contributed by atoms with Gasteiger partial charge in [-0.1, -0.05) is 59.9 Å². The topological polar surface area (TPSA) is 76.4 Å². The van der Waals surface area contributed by atoms with Crippen molar-refractivity contribution in [2.75, 3.05) is 6.61 Å². The summed E-state index contributed by atoms with van der Waals surface area (Å²) in [5.74, 6) is -0.450. The van der Waals surface area contributed by atoms with Gasteiger partial charge in [-0.15, -0.1) is 0 Å². The fourth-order valence-electron chi connectivity index (χ4n) is 4.10. The third-order valence-corrected chi connectivity index (χ3v) is 6.52. The fourth-order valence-corrected chi connectivity index (χ4v) is 5.13. The number of nitrogens with one attached hydrogen (secondary N) is 1. The van der Waals surface area contributed by atoms with E-state index in [9.17, 15) is 9.59 Å². The number of rotatable bonds is 4. The van der Waals surface area contributed by atoms with Crippen LogP contribution in [0.25, 0.3) is 17.0 Å². The van der Waals surface area contributed by atoms with Crippen LogP contribution in [0.5, 0.6) is 0 Å². The number of para-hydroxylation sites is 1. The van der Waals surface area contributed by atoms with Crippen molar-refractivity contribution in [2.24, 2.45) is 4.99 Å². The maximum absolute atomic E-state index is 13.6. The molecule has 0 spiro atoms. The molecular weight excluding hydrogens is 422 g/mol. The summed E-state index contributed by atoms with van der Waals surface area (Å²) in [6.07, 6.45) is 3.78. The number of carbonyl (C=O) groups is 1. The summed E-state index contributed by atoms with van der Waals surface area (Å²) in [6.45, 7) is 3.81. The van der Waals surface area contributed by atoms with E-state index in [2.05, 4.69) is 9.98 Å². The van der Waals surface area contributed by atoms with Crippen molar-refractivity contribution in [3.63, 3.8) is 0 Å². The van der Waals surface area contributed by atoms with Crippen LogP contribution in [0, 0.1) is 0 Å². The van der Waals surface area contributed by atoms with Gasteiger partial charge >= 0.3 is 5.97 Å². The van der Waals surface area contributed by atoms with Crippen molar-refractivity contribution < 1.29 is 9.53 Å². The second kappa shape index (κ2) is 8.09. The Morgan fingerprint density at radius 1 is 1.19 bits per heavy atom. The number of benzene rings is 2. The minimum Gasteiger partial charge on any atom is -0.463 e. The molecule has 6 nitrogen and oxygen atoms in total. The van der Waals surface area contributed by atoms with Gasteiger partial charge in [-0.25, -0.2) is 9.79 Å². The van der Waals surface area contributed by atoms with Crippen molar-refractivity contribution in [1.29, 1.82) is 0 Å². The normalized spacial score (nSPS) is 16.2. The Balaban J connectivity index is 1.74. The van der Waals surface area contributed by atoms with E-state index < -0.39 is 12.0 Å². The number of hydrogen-bond donors (Lipinski definition) is 1. The number of H-pyrrole nitrogens is 1. The number of hydrogen-bond acceptors (Lipinski definition) is 5. The van der Waals surface area contributed by atoms with Crippen LogP contribution in [-0.4, -0.2) is 22.1 Å². The Labute approximate surface area is 187 Å². The zero-order chi connectivity index (χ0) is 22.2. The molecule has 2 aromatic heterocycles. The third-order valence-electron chi connectivity index (χ3n) is 5.54. The van der Waals surface area contributed by atoms with Crippen LogP contribution in [0.1, 0.15) is 31.0 Å². The summed E-state index contributed by atoms with van der Waals surface area (Å²) < 4.78 is 7.49. The van der Waals surface area contributed by atoms with Gasteiger partial charge in [-0.2, -0.15) is 0 Å². The van der Waals surface area contributed by atoms with Crippen molar-refractivity contribution in [3.8, 4) is 0 Å². The predicted octanol–water partition coefficient (Wildman–Crippen LogP) is 3.28. The molecule has 0 saturated heterocycles. The van der Waals surface area contributed by atoms with Gasteiger partial charge < -0.3 is 9.72 Å². The second-order valence-electron chi connectivity index (χ2n) is 7.50. The van der Waals surface area contributed by atoms with Gasteiger partial charge in [0.05, 0.1) is 28.5 Å². The van der Waals surface area contributed by atoms with Gasteiger partial charge in [0.25, 0.3) is 5.56 Å². The second-order valence-corrected chi connectivity index (χ2v) is 8.51. The Hall–Kier alpha value is -3.71. The summed E-state index contributed by atoms with van der Waals surface area (Å²) in [4.78, 5) is 34.9. The Morgan fingerprint density at radius 3 is 2.72 bits per heavy atom. The first kappa shape index (κ1) is 20.2. The van der Waals surface area contributed by atoms with Crippen LogP contribution in [0.2, 0.25) is 0 Å². The van der Waals surface area contributed by atoms with E-state index in [4.69, 9.17) is 4.74 Å². The molecule has 0 amide bonds. The first-order chi connectivity index (χ1) is 15.6. The van der Waals surface area contributed by atoms with Gasteiger partial charge in [0.2, 0.25) is 0 Å². The lowest BCUT2D eigenvalue weighted by Gasteiger charge is -2.24. The number of fused-ring (bicyclic) bond motifs is 2. The smallest absolute Gasteiger partial charge is 0.338 e. The van der Waals surface area contributed by atoms with Crippen molar-refractivity contribution >= 4 is 34.3 Å². The maximum Gasteiger partial charge on any atom is 0.338 e. The van der Waals surface area contributed by atoms with E-state index in [0.717, 1.165) is 22.0 Å². The van der Waals surface area contributed by atoms with Crippen LogP contribution in [0.3, 0.4) is 0 Å². The summed E-state index contributed by atoms with van der Waals surface area (Å²) in [5.41, 5.74) is 3.56. The number of allylic oxidation sites excluding steroid dienone is 1. The number of aromatic nitrogens is 2. The Bertz CT molecular complexity index is 1540. The summed E-state index contributed by atoms with van der Waals surface area (Å²) in [6, 6.07) is 16.9. The lowest BCUT2D eigenvalue weighted by molar-refractivity contribution is -0.139. The average Bonchev–Trinajstić information content (AvgIpc) is 3.34. The van der Waals surface area contributed by atoms with Crippen LogP contribution < -0.4 is 14.9 Å². The molecule has 2 aromatic carbocycles. The molecule has 1 atom stereocenters. The van der Waals surface area contributed by atoms with E-state index in [1.807, 2.05) is 66.9 Å². The monoisotopic (exact) mass is 443 g/mol. The summed E-state index contributed by atoms with van der Waals surface area (Å²) in [7, 11) is 0. The SMILES string of the molecule is CCOC(=O)C1=C(C)N=c2s/c(=C/c3c[nH]c4ccccc34)c(=O)n2[C@@H]1c1ccccc1. The van der Waals surface area contributed by atoms with E-state index in [1.165, 1.54) is 11.3 Å². The Morgan fingerprint density at radius 2 is 1.94 bits per heavy atom. The first-order valence-electron chi connectivity index (χ1n) is 10.4. The van der Waals surface area contributed by atoms with Crippen LogP contribution >= 0.6 is 11.3 Å². The molecule has 0 radical (unpaired) electrons. The van der Waals surface area contributed by atoms with Gasteiger partial charge in [0.15, 0.2) is 4.80 Å². The molecular formula is C25H21N3O3S. The molecule has 0 unspecified atom stereocenters. The molecule has 1 aliphatic heterocycles. The molecule has 0 aliphatic carbocycles. The minimum atomic E-state index is -0.586. The number of nitrogens with zero attached hydrogens (tertiary/aromatic N) is 2. The highest BCUT2D eigenvalue weighted by atomic mass is 32.1. The molecule has 5 rings (SSSR count). The van der Waals surface area contributed by atoms with E-state index in [-0.39, 0.29) is 12.2 Å². The molecule has 1 N–H and O–H groups in total. The lowest BCUT2D eigenvalue weighted by Crippen LogP contribution is -2.39. The predicted molar refractivity (Wildman–Crippen MR) is 125 cm³/mol. The van der Waals surface area contributed by atoms with E-state index in [0.29, 0.717) is 20.6 Å². The number of aromatic amines is 1. The number of carbonyl (C=O) groups excluding carboxylic acids is 1. The van der Waals surface area contributed by atoms with E-state index in [1.54, 1.807) is 18.4 Å². The number of esters is 1. The largest absolute Gasteiger partial charge is 0.463 e. The quantitative estimate of drug-likeness (QED) is 0.492. The fraction of sp³-hybridized carbons (Fsp3) is 0.160. The van der Waals surface area contributed by atoms with E-state index >= 15 is 0 Å². The zero-order valence-electron chi connectivity index (χ0n) is 17.7. The first-order valence-corrected chi connectivity index (χ1v) is 11.2. The molecule has 0 bridgehead atoms. The molecule has 1 aliphatic rings. The summed E-state index contributed by atoms with van der Waals surface area (Å²) in [5, 5.41) is 1.04. The lowest BCUT2D eigenvalue weighted by atomic mass is 9.96. The van der Waals surface area contributed by atoms with Crippen LogP contribution in [-0.2, 0) is 9.53 Å². The average molecular weight is 444 g/mol. The highest BCUT2D eigenvalue weighted by Gasteiger charge is 2.33. The molecule has 160 valence electrons. The zero-order valence-corrected chi connectivity index (χ0v) is 18.5. The molecule has 32 heavy (non-hydrogen) atoms. The van der Waals surface area contributed by atoms with Gasteiger partial charge in [0.1, 0.15) is 0 Å². The molecule has 7 heteroatoms. The highest BCUT2D eigenvalue weighted by molar-refractivity contribution is 7.07. The maximum atomic E-state index is 13.6. The minimum absolute atomic E-state index is 0.179. The van der Waals surface area contributed by atoms with Gasteiger partial charge in [-0.05, 0) is 31.6 Å². The molecule has 3 heterocycles.